The lowest BCUT2D eigenvalue weighted by atomic mass is 9.63. The second kappa shape index (κ2) is 32.5. The van der Waals surface area contributed by atoms with Crippen molar-refractivity contribution in [3.05, 3.63) is 0 Å². The molecule has 45 heavy (non-hydrogen) atoms. The zero-order chi connectivity index (χ0) is 32.5. The normalized spacial score (nSPS) is 17.3. The van der Waals surface area contributed by atoms with Crippen molar-refractivity contribution in [3.63, 3.8) is 0 Å². The fourth-order valence-electron chi connectivity index (χ4n) is 8.75. The highest BCUT2D eigenvalue weighted by Gasteiger charge is 2.35. The van der Waals surface area contributed by atoms with Gasteiger partial charge in [0.2, 0.25) is 0 Å². The second-order valence-electron chi connectivity index (χ2n) is 16.7. The monoisotopic (exact) mass is 631 g/mol. The van der Waals surface area contributed by atoms with Crippen LogP contribution in [0.4, 0.5) is 0 Å². The van der Waals surface area contributed by atoms with Gasteiger partial charge in [-0.3, -0.25) is 0 Å². The molecule has 0 aromatic heterocycles. The van der Waals surface area contributed by atoms with Crippen LogP contribution in [-0.2, 0) is 0 Å². The molecule has 2 atom stereocenters. The molecule has 0 nitrogen and oxygen atoms in total. The molecule has 0 heteroatoms. The summed E-state index contributed by atoms with van der Waals surface area (Å²) in [6.45, 7) is 9.90. The van der Waals surface area contributed by atoms with Crippen LogP contribution in [0.3, 0.4) is 0 Å². The van der Waals surface area contributed by atoms with E-state index in [1.807, 2.05) is 0 Å². The maximum absolute atomic E-state index is 2.73. The Bertz CT molecular complexity index is 526. The van der Waals surface area contributed by atoms with E-state index in [1.54, 1.807) is 0 Å². The Labute approximate surface area is 288 Å². The minimum atomic E-state index is 0.626. The van der Waals surface area contributed by atoms with E-state index in [-0.39, 0.29) is 0 Å². The molecule has 0 amide bonds. The van der Waals surface area contributed by atoms with Gasteiger partial charge in [0.15, 0.2) is 0 Å². The maximum atomic E-state index is 2.73. The van der Waals surface area contributed by atoms with Gasteiger partial charge >= 0.3 is 0 Å². The standard InChI is InChI=1S/C45H90/c1-5-7-9-11-13-15-17-19-21-23-25-27-29-31-33-35-40-45(4,44-39-37-38-43(3)42-44)41-36-34-32-30-28-26-24-22-20-18-16-14-12-10-8-6-2/h43-44H,5-42H2,1-4H3. The average Bonchev–Trinajstić information content (AvgIpc) is 3.04. The van der Waals surface area contributed by atoms with Crippen molar-refractivity contribution in [2.75, 3.05) is 0 Å². The molecule has 0 radical (unpaired) electrons. The van der Waals surface area contributed by atoms with Crippen molar-refractivity contribution in [2.24, 2.45) is 17.3 Å². The van der Waals surface area contributed by atoms with Gasteiger partial charge in [0.05, 0.1) is 0 Å². The van der Waals surface area contributed by atoms with Crippen LogP contribution in [0.5, 0.6) is 0 Å². The molecule has 1 fully saturated rings. The van der Waals surface area contributed by atoms with E-state index < -0.39 is 0 Å². The van der Waals surface area contributed by atoms with Crippen LogP contribution in [0.2, 0.25) is 0 Å². The van der Waals surface area contributed by atoms with Gasteiger partial charge in [-0.05, 0) is 42.9 Å². The van der Waals surface area contributed by atoms with E-state index in [0.717, 1.165) is 11.8 Å². The Morgan fingerprint density at radius 2 is 0.644 bits per heavy atom. The second-order valence-corrected chi connectivity index (χ2v) is 16.7. The molecule has 0 aliphatic heterocycles. The van der Waals surface area contributed by atoms with Crippen LogP contribution in [0.1, 0.15) is 272 Å². The van der Waals surface area contributed by atoms with Gasteiger partial charge in [-0.1, -0.05) is 246 Å². The molecule has 270 valence electrons. The van der Waals surface area contributed by atoms with Gasteiger partial charge < -0.3 is 0 Å². The van der Waals surface area contributed by atoms with E-state index in [0.29, 0.717) is 5.41 Å². The van der Waals surface area contributed by atoms with Gasteiger partial charge in [-0.2, -0.15) is 0 Å². The highest BCUT2D eigenvalue weighted by molar-refractivity contribution is 4.86. The van der Waals surface area contributed by atoms with Gasteiger partial charge in [0, 0.05) is 0 Å². The first-order chi connectivity index (χ1) is 22.1. The van der Waals surface area contributed by atoms with E-state index in [2.05, 4.69) is 27.7 Å². The Balaban J connectivity index is 2.06. The molecule has 0 bridgehead atoms. The van der Waals surface area contributed by atoms with Crippen LogP contribution in [0, 0.1) is 17.3 Å². The fraction of sp³-hybridized carbons (Fsp3) is 1.00. The first kappa shape index (κ1) is 43.0. The number of hydrogen-bond donors (Lipinski definition) is 0. The van der Waals surface area contributed by atoms with Gasteiger partial charge in [-0.15, -0.1) is 0 Å². The summed E-state index contributed by atoms with van der Waals surface area (Å²) in [5.41, 5.74) is 0.626. The van der Waals surface area contributed by atoms with Crippen LogP contribution in [0.15, 0.2) is 0 Å². The molecular weight excluding hydrogens is 540 g/mol. The van der Waals surface area contributed by atoms with Crippen LogP contribution < -0.4 is 0 Å². The van der Waals surface area contributed by atoms with Crippen molar-refractivity contribution >= 4 is 0 Å². The molecule has 0 spiro atoms. The van der Waals surface area contributed by atoms with E-state index in [9.17, 15) is 0 Å². The van der Waals surface area contributed by atoms with Gasteiger partial charge in [0.25, 0.3) is 0 Å². The summed E-state index contributed by atoms with van der Waals surface area (Å²) >= 11 is 0. The largest absolute Gasteiger partial charge is 0.0654 e. The zero-order valence-electron chi connectivity index (χ0n) is 32.5. The lowest BCUT2D eigenvalue weighted by Gasteiger charge is -2.42. The van der Waals surface area contributed by atoms with Crippen molar-refractivity contribution in [3.8, 4) is 0 Å². The molecule has 0 N–H and O–H groups in total. The summed E-state index contributed by atoms with van der Waals surface area (Å²) < 4.78 is 0. The highest BCUT2D eigenvalue weighted by Crippen LogP contribution is 2.47. The summed E-state index contributed by atoms with van der Waals surface area (Å²) in [5.74, 6) is 1.98. The predicted octanol–water partition coefficient (Wildman–Crippen LogP) is 17.1. The van der Waals surface area contributed by atoms with Crippen molar-refractivity contribution in [1.29, 1.82) is 0 Å². The molecule has 1 aliphatic rings. The Hall–Kier alpha value is 0. The topological polar surface area (TPSA) is 0 Å². The minimum Gasteiger partial charge on any atom is -0.0654 e. The fourth-order valence-corrected chi connectivity index (χ4v) is 8.75. The quantitative estimate of drug-likeness (QED) is 0.0611. The molecule has 1 saturated carbocycles. The van der Waals surface area contributed by atoms with E-state index in [4.69, 9.17) is 0 Å². The molecule has 1 aliphatic carbocycles. The summed E-state index contributed by atoms with van der Waals surface area (Å²) in [4.78, 5) is 0. The lowest BCUT2D eigenvalue weighted by Crippen LogP contribution is -2.31. The molecular formula is C45H90. The first-order valence-electron chi connectivity index (χ1n) is 22.1. The third-order valence-electron chi connectivity index (χ3n) is 12.1. The third kappa shape index (κ3) is 26.6. The summed E-state index contributed by atoms with van der Waals surface area (Å²) in [6.07, 6.45) is 56.4. The van der Waals surface area contributed by atoms with Crippen molar-refractivity contribution in [1.82, 2.24) is 0 Å². The Morgan fingerprint density at radius 1 is 0.378 bits per heavy atom. The highest BCUT2D eigenvalue weighted by atomic mass is 14.4. The molecule has 0 heterocycles. The number of rotatable bonds is 35. The van der Waals surface area contributed by atoms with Gasteiger partial charge in [-0.25, -0.2) is 0 Å². The third-order valence-corrected chi connectivity index (χ3v) is 12.1. The van der Waals surface area contributed by atoms with Crippen molar-refractivity contribution in [2.45, 2.75) is 272 Å². The van der Waals surface area contributed by atoms with Crippen LogP contribution in [0.25, 0.3) is 0 Å². The van der Waals surface area contributed by atoms with Crippen LogP contribution in [-0.4, -0.2) is 0 Å². The molecule has 1 rings (SSSR count). The van der Waals surface area contributed by atoms with E-state index >= 15 is 0 Å². The lowest BCUT2D eigenvalue weighted by molar-refractivity contribution is 0.0863. The summed E-state index contributed by atoms with van der Waals surface area (Å²) in [7, 11) is 0. The zero-order valence-corrected chi connectivity index (χ0v) is 32.5. The average molecular weight is 631 g/mol. The summed E-state index contributed by atoms with van der Waals surface area (Å²) in [5, 5.41) is 0. The smallest absolute Gasteiger partial charge is 0.0297 e. The summed E-state index contributed by atoms with van der Waals surface area (Å²) in [6, 6.07) is 0. The Morgan fingerprint density at radius 3 is 0.911 bits per heavy atom. The van der Waals surface area contributed by atoms with E-state index in [1.165, 1.54) is 244 Å². The molecule has 0 saturated heterocycles. The number of unbranched alkanes of at least 4 members (excludes halogenated alkanes) is 30. The predicted molar refractivity (Wildman–Crippen MR) is 208 cm³/mol. The van der Waals surface area contributed by atoms with Crippen molar-refractivity contribution < 1.29 is 0 Å². The number of hydrogen-bond acceptors (Lipinski definition) is 0. The molecule has 0 aromatic carbocycles. The molecule has 2 unspecified atom stereocenters. The SMILES string of the molecule is CCCCCCCCCCCCCCCCCCC(C)(CCCCCCCCCCCCCCCCCC)C1CCCC(C)C1. The van der Waals surface area contributed by atoms with Gasteiger partial charge in [0.1, 0.15) is 0 Å². The maximum Gasteiger partial charge on any atom is -0.0297 e. The first-order valence-corrected chi connectivity index (χ1v) is 22.1. The Kier molecular flexibility index (Phi) is 31.1. The molecule has 0 aromatic rings. The van der Waals surface area contributed by atoms with Crippen LogP contribution >= 0.6 is 0 Å². The minimum absolute atomic E-state index is 0.626.